The fraction of sp³-hybridized carbons (Fsp3) is 0.192. The van der Waals surface area contributed by atoms with Crippen molar-refractivity contribution in [3.8, 4) is 67.5 Å². The molecule has 1 N–H and O–H groups in total. The number of fused-ring (bicyclic) bond motifs is 1. The zero-order chi connectivity index (χ0) is 42.7. The first-order chi connectivity index (χ1) is 28.4. The average Bonchev–Trinajstić information content (AvgIpc) is 3.60. The molecule has 2 heterocycles. The van der Waals surface area contributed by atoms with E-state index in [1.165, 1.54) is 0 Å². The van der Waals surface area contributed by atoms with Gasteiger partial charge in [0.2, 0.25) is 0 Å². The summed E-state index contributed by atoms with van der Waals surface area (Å²) in [6, 6.07) is 45.6. The molecular weight excluding hydrogens is 878 g/mol. The third kappa shape index (κ3) is 7.76. The number of aromatic hydroxyl groups is 1. The first-order valence-corrected chi connectivity index (χ1v) is 19.0. The molecule has 5 heteroatoms. The summed E-state index contributed by atoms with van der Waals surface area (Å²) >= 11 is 0. The fourth-order valence-electron chi connectivity index (χ4n) is 7.47. The molecule has 6 aromatic carbocycles. The molecule has 0 aliphatic carbocycles. The van der Waals surface area contributed by atoms with Crippen LogP contribution in [0.2, 0.25) is 0 Å². The Hall–Kier alpha value is -5.57. The number of pyridine rings is 1. The largest absolute Gasteiger partial charge is 0.507 e. The number of aryl methyl sites for hydroxylation is 3. The SMILES string of the molecule is [2H]C([2H])([2H])c1ccc(-c2ccnc(-c3[c-]c(-c4cccc5c4nc(-c4cc(C)cc(C)c4O)n5-c4ccc(C([2H])(C)C)cc4-c4ccccc4)cc(C(C)(C)C)c3)c2)cc1.[Pt]. The van der Waals surface area contributed by atoms with Gasteiger partial charge < -0.3 is 5.11 Å². The standard InChI is InChI=1S/C52H48N3O.Pt/c1-32(2)38-21-22-47(44(30-38)37-13-10-9-11-14-37)55-48-16-12-15-43(49(48)54-51(55)45-26-34(4)25-35(5)50(45)56)40-27-41(29-42(28-40)52(6,7)8)46-31-39(23-24-53-46)36-19-17-33(3)18-20-36;/h9-26,28-32,56H,1-8H3;/q-1;/i3D3,32D;. The van der Waals surface area contributed by atoms with Crippen molar-refractivity contribution in [1.82, 2.24) is 14.5 Å². The molecule has 8 aromatic rings. The maximum Gasteiger partial charge on any atom is 0.148 e. The quantitative estimate of drug-likeness (QED) is 0.162. The first-order valence-electron chi connectivity index (χ1n) is 21.0. The van der Waals surface area contributed by atoms with Crippen LogP contribution in [0.4, 0.5) is 0 Å². The van der Waals surface area contributed by atoms with Crippen LogP contribution in [0, 0.1) is 26.8 Å². The molecule has 0 fully saturated rings. The number of aromatic nitrogens is 3. The van der Waals surface area contributed by atoms with Crippen LogP contribution in [-0.2, 0) is 26.5 Å². The van der Waals surface area contributed by atoms with Gasteiger partial charge in [0.1, 0.15) is 11.6 Å². The number of imidazole rings is 1. The molecule has 0 unspecified atom stereocenters. The summed E-state index contributed by atoms with van der Waals surface area (Å²) in [7, 11) is 0. The molecular formula is C52H48N3OPt-. The van der Waals surface area contributed by atoms with Gasteiger partial charge in [0.05, 0.1) is 22.3 Å². The van der Waals surface area contributed by atoms with Gasteiger partial charge in [-0.2, -0.15) is 0 Å². The molecule has 0 spiro atoms. The van der Waals surface area contributed by atoms with E-state index in [2.05, 4.69) is 79.9 Å². The van der Waals surface area contributed by atoms with Crippen molar-refractivity contribution in [3.05, 3.63) is 167 Å². The Morgan fingerprint density at radius 2 is 1.47 bits per heavy atom. The molecule has 0 amide bonds. The van der Waals surface area contributed by atoms with Gasteiger partial charge in [-0.25, -0.2) is 4.98 Å². The topological polar surface area (TPSA) is 50.9 Å². The van der Waals surface area contributed by atoms with Gasteiger partial charge in [-0.1, -0.05) is 136 Å². The Bertz CT molecular complexity index is 2900. The van der Waals surface area contributed by atoms with E-state index in [1.807, 2.05) is 94.4 Å². The van der Waals surface area contributed by atoms with Crippen LogP contribution in [-0.4, -0.2) is 19.6 Å². The molecule has 57 heavy (non-hydrogen) atoms. The van der Waals surface area contributed by atoms with Crippen molar-refractivity contribution in [2.75, 3.05) is 0 Å². The van der Waals surface area contributed by atoms with Crippen molar-refractivity contribution < 1.29 is 31.7 Å². The summed E-state index contributed by atoms with van der Waals surface area (Å²) in [5.74, 6) is -0.0555. The van der Waals surface area contributed by atoms with Crippen LogP contribution in [0.25, 0.3) is 72.7 Å². The molecule has 0 aliphatic heterocycles. The van der Waals surface area contributed by atoms with Gasteiger partial charge >= 0.3 is 0 Å². The van der Waals surface area contributed by atoms with E-state index in [0.29, 0.717) is 17.0 Å². The van der Waals surface area contributed by atoms with Crippen LogP contribution < -0.4 is 0 Å². The van der Waals surface area contributed by atoms with Gasteiger partial charge in [-0.3, -0.25) is 9.55 Å². The van der Waals surface area contributed by atoms with Crippen LogP contribution in [0.1, 0.15) is 73.8 Å². The Morgan fingerprint density at radius 3 is 2.19 bits per heavy atom. The fourth-order valence-corrected chi connectivity index (χ4v) is 7.47. The molecule has 2 aromatic heterocycles. The van der Waals surface area contributed by atoms with Crippen LogP contribution in [0.5, 0.6) is 5.75 Å². The Kier molecular flexibility index (Phi) is 9.58. The maximum absolute atomic E-state index is 11.7. The summed E-state index contributed by atoms with van der Waals surface area (Å²) < 4.78 is 34.5. The third-order valence-electron chi connectivity index (χ3n) is 10.5. The number of hydrogen-bond acceptors (Lipinski definition) is 3. The van der Waals surface area contributed by atoms with Gasteiger partial charge in [0.25, 0.3) is 0 Å². The van der Waals surface area contributed by atoms with E-state index in [-0.39, 0.29) is 32.2 Å². The Labute approximate surface area is 357 Å². The Balaban J connectivity index is 0.00000561. The summed E-state index contributed by atoms with van der Waals surface area (Å²) in [4.78, 5) is 10.3. The predicted molar refractivity (Wildman–Crippen MR) is 234 cm³/mol. The third-order valence-corrected chi connectivity index (χ3v) is 10.5. The second-order valence-corrected chi connectivity index (χ2v) is 16.0. The van der Waals surface area contributed by atoms with E-state index >= 15 is 0 Å². The predicted octanol–water partition coefficient (Wildman–Crippen LogP) is 13.6. The number of hydrogen-bond donors (Lipinski definition) is 1. The van der Waals surface area contributed by atoms with Crippen molar-refractivity contribution >= 4 is 11.0 Å². The Morgan fingerprint density at radius 1 is 0.719 bits per heavy atom. The molecule has 8 rings (SSSR count). The summed E-state index contributed by atoms with van der Waals surface area (Å²) in [6.07, 6.45) is 1.78. The van der Waals surface area contributed by atoms with E-state index in [9.17, 15) is 5.11 Å². The minimum Gasteiger partial charge on any atom is -0.507 e. The average molecular weight is 930 g/mol. The second-order valence-electron chi connectivity index (χ2n) is 16.0. The van der Waals surface area contributed by atoms with E-state index in [1.54, 1.807) is 18.3 Å². The van der Waals surface area contributed by atoms with Gasteiger partial charge in [-0.05, 0) is 95.7 Å². The number of para-hydroxylation sites is 1. The number of phenolic OH excluding ortho intramolecular Hbond substituents is 1. The van der Waals surface area contributed by atoms with Crippen molar-refractivity contribution in [1.29, 1.82) is 0 Å². The minimum atomic E-state index is -2.17. The van der Waals surface area contributed by atoms with E-state index in [0.717, 1.165) is 83.6 Å². The number of benzene rings is 6. The van der Waals surface area contributed by atoms with Crippen LogP contribution in [0.3, 0.4) is 0 Å². The summed E-state index contributed by atoms with van der Waals surface area (Å²) in [5, 5.41) is 11.7. The summed E-state index contributed by atoms with van der Waals surface area (Å²) in [5.41, 5.74) is 14.0. The van der Waals surface area contributed by atoms with Gasteiger partial charge in [0, 0.05) is 44.0 Å². The van der Waals surface area contributed by atoms with Crippen LogP contribution in [0.15, 0.2) is 134 Å². The number of nitrogens with zero attached hydrogens (tertiary/aromatic N) is 3. The minimum absolute atomic E-state index is 0. The molecule has 0 radical (unpaired) electrons. The van der Waals surface area contributed by atoms with Crippen molar-refractivity contribution in [2.24, 2.45) is 0 Å². The van der Waals surface area contributed by atoms with Crippen molar-refractivity contribution in [2.45, 2.75) is 66.6 Å². The molecule has 4 nitrogen and oxygen atoms in total. The zero-order valence-electron chi connectivity index (χ0n) is 37.3. The normalized spacial score (nSPS) is 13.0. The smallest absolute Gasteiger partial charge is 0.148 e. The molecule has 0 saturated heterocycles. The molecule has 0 aliphatic rings. The molecule has 288 valence electrons. The first kappa shape index (κ1) is 34.7. The van der Waals surface area contributed by atoms with Crippen molar-refractivity contribution in [3.63, 3.8) is 0 Å². The van der Waals surface area contributed by atoms with Gasteiger partial charge in [0.15, 0.2) is 0 Å². The van der Waals surface area contributed by atoms with Crippen LogP contribution >= 0.6 is 0 Å². The van der Waals surface area contributed by atoms with E-state index in [4.69, 9.17) is 15.5 Å². The molecule has 0 saturated carbocycles. The van der Waals surface area contributed by atoms with Gasteiger partial charge in [-0.15, -0.1) is 29.3 Å². The number of phenols is 1. The molecule has 0 atom stereocenters. The monoisotopic (exact) mass is 929 g/mol. The zero-order valence-corrected chi connectivity index (χ0v) is 35.6. The maximum atomic E-state index is 11.7. The number of rotatable bonds is 7. The molecule has 0 bridgehead atoms. The second kappa shape index (κ2) is 15.8. The van der Waals surface area contributed by atoms with E-state index < -0.39 is 12.7 Å². The summed E-state index contributed by atoms with van der Waals surface area (Å²) in [6.45, 7) is 12.1.